The number of anilines is 1. The zero-order valence-electron chi connectivity index (χ0n) is 16.2. The van der Waals surface area contributed by atoms with Gasteiger partial charge in [-0.25, -0.2) is 9.48 Å². The van der Waals surface area contributed by atoms with Gasteiger partial charge in [0.05, 0.1) is 13.1 Å². The fourth-order valence-corrected chi connectivity index (χ4v) is 4.29. The molecule has 0 bridgehead atoms. The minimum Gasteiger partial charge on any atom is -0.233 e. The fourth-order valence-electron chi connectivity index (χ4n) is 4.29. The molecule has 2 aromatic rings. The predicted octanol–water partition coefficient (Wildman–Crippen LogP) is 5.12. The van der Waals surface area contributed by atoms with Crippen LogP contribution in [0.3, 0.4) is 0 Å². The Morgan fingerprint density at radius 2 is 1.24 bits per heavy atom. The number of rotatable bonds is 2. The first-order valence-corrected chi connectivity index (χ1v) is 8.91. The third-order valence-corrected chi connectivity index (χ3v) is 4.92. The van der Waals surface area contributed by atoms with Crippen molar-refractivity contribution in [2.24, 2.45) is 0 Å². The van der Waals surface area contributed by atoms with Crippen LogP contribution in [0.4, 0.5) is 11.4 Å². The first kappa shape index (κ1) is 19.9. The van der Waals surface area contributed by atoms with Crippen molar-refractivity contribution in [3.05, 3.63) is 57.6 Å². The molecule has 3 heteroatoms. The van der Waals surface area contributed by atoms with Gasteiger partial charge in [-0.15, -0.1) is 0 Å². The molecule has 0 aromatic heterocycles. The zero-order valence-corrected chi connectivity index (χ0v) is 18.5. The SMILES string of the molecule is Cc1cc(C)c(N2C=[N+](c3c(C)cc(C)cc3C)CCC2)c(C)c1.[Pt]. The average Bonchev–Trinajstić information content (AvgIpc) is 2.45. The molecular formula is C22H29N2Pt+. The van der Waals surface area contributed by atoms with E-state index in [1.807, 2.05) is 0 Å². The molecule has 0 atom stereocenters. The maximum absolute atomic E-state index is 2.44. The van der Waals surface area contributed by atoms with Crippen LogP contribution in [0.5, 0.6) is 0 Å². The molecule has 2 nitrogen and oxygen atoms in total. The van der Waals surface area contributed by atoms with Gasteiger partial charge in [-0.05, 0) is 63.8 Å². The van der Waals surface area contributed by atoms with Crippen LogP contribution in [0.1, 0.15) is 39.8 Å². The van der Waals surface area contributed by atoms with Crippen molar-refractivity contribution >= 4 is 17.7 Å². The molecule has 3 rings (SSSR count). The molecule has 0 amide bonds. The third-order valence-electron chi connectivity index (χ3n) is 4.92. The van der Waals surface area contributed by atoms with E-state index in [2.05, 4.69) is 81.6 Å². The van der Waals surface area contributed by atoms with Crippen LogP contribution in [0.25, 0.3) is 0 Å². The summed E-state index contributed by atoms with van der Waals surface area (Å²) in [7, 11) is 0. The minimum absolute atomic E-state index is 0. The topological polar surface area (TPSA) is 6.25 Å². The van der Waals surface area contributed by atoms with Crippen molar-refractivity contribution in [3.8, 4) is 0 Å². The standard InChI is InChI=1S/C22H29N2.Pt/c1-15-10-17(3)21(18(4)11-15)23-8-7-9-24(14-23)22-19(5)12-16(2)13-20(22)6;/h10-14H,7-9H2,1-6H3;/q+1;. The first-order valence-electron chi connectivity index (χ1n) is 8.91. The van der Waals surface area contributed by atoms with Crippen molar-refractivity contribution in [1.29, 1.82) is 0 Å². The van der Waals surface area contributed by atoms with Crippen LogP contribution < -0.4 is 4.90 Å². The maximum Gasteiger partial charge on any atom is 0.244 e. The van der Waals surface area contributed by atoms with E-state index in [1.165, 1.54) is 51.2 Å². The van der Waals surface area contributed by atoms with Gasteiger partial charge in [-0.2, -0.15) is 0 Å². The van der Waals surface area contributed by atoms with Gasteiger partial charge in [0.2, 0.25) is 6.34 Å². The van der Waals surface area contributed by atoms with Gasteiger partial charge in [0.1, 0.15) is 11.4 Å². The summed E-state index contributed by atoms with van der Waals surface area (Å²) in [6.45, 7) is 15.4. The summed E-state index contributed by atoms with van der Waals surface area (Å²) in [5.74, 6) is 0. The summed E-state index contributed by atoms with van der Waals surface area (Å²) in [4.78, 5) is 2.44. The number of hydrogen-bond acceptors (Lipinski definition) is 1. The van der Waals surface area contributed by atoms with Crippen LogP contribution in [0, 0.1) is 41.5 Å². The Morgan fingerprint density at radius 3 is 1.76 bits per heavy atom. The van der Waals surface area contributed by atoms with E-state index in [0.29, 0.717) is 0 Å². The second-order valence-corrected chi connectivity index (χ2v) is 7.35. The van der Waals surface area contributed by atoms with Gasteiger partial charge < -0.3 is 0 Å². The van der Waals surface area contributed by atoms with Gasteiger partial charge in [-0.3, -0.25) is 0 Å². The molecule has 0 N–H and O–H groups in total. The molecule has 0 unspecified atom stereocenters. The molecule has 0 fully saturated rings. The molecular weight excluding hydrogens is 487 g/mol. The molecule has 0 saturated heterocycles. The molecule has 136 valence electrons. The Bertz CT molecular complexity index is 775. The summed E-state index contributed by atoms with van der Waals surface area (Å²) >= 11 is 0. The van der Waals surface area contributed by atoms with Crippen LogP contribution in [-0.4, -0.2) is 24.0 Å². The smallest absolute Gasteiger partial charge is 0.233 e. The number of benzene rings is 2. The largest absolute Gasteiger partial charge is 0.244 e. The van der Waals surface area contributed by atoms with E-state index in [0.717, 1.165) is 13.1 Å². The molecule has 25 heavy (non-hydrogen) atoms. The summed E-state index contributed by atoms with van der Waals surface area (Å²) in [5, 5.41) is 0. The Balaban J connectivity index is 0.00000225. The molecule has 0 radical (unpaired) electrons. The van der Waals surface area contributed by atoms with Gasteiger partial charge >= 0.3 is 0 Å². The molecule has 1 aliphatic heterocycles. The monoisotopic (exact) mass is 516 g/mol. The molecule has 1 aliphatic rings. The van der Waals surface area contributed by atoms with E-state index in [9.17, 15) is 0 Å². The van der Waals surface area contributed by atoms with Crippen molar-refractivity contribution in [2.75, 3.05) is 18.0 Å². The summed E-state index contributed by atoms with van der Waals surface area (Å²) in [5.41, 5.74) is 10.9. The van der Waals surface area contributed by atoms with Gasteiger partial charge in [0.15, 0.2) is 0 Å². The quantitative estimate of drug-likeness (QED) is 0.503. The molecule has 0 spiro atoms. The average molecular weight is 517 g/mol. The van der Waals surface area contributed by atoms with Crippen molar-refractivity contribution in [3.63, 3.8) is 0 Å². The number of hydrogen-bond donors (Lipinski definition) is 0. The number of nitrogens with zero attached hydrogens (tertiary/aromatic N) is 2. The molecule has 0 saturated carbocycles. The van der Waals surface area contributed by atoms with Crippen molar-refractivity contribution in [1.82, 2.24) is 0 Å². The predicted molar refractivity (Wildman–Crippen MR) is 104 cm³/mol. The van der Waals surface area contributed by atoms with E-state index < -0.39 is 0 Å². The Kier molecular flexibility index (Phi) is 6.27. The summed E-state index contributed by atoms with van der Waals surface area (Å²) in [6, 6.07) is 9.16. The maximum atomic E-state index is 2.44. The summed E-state index contributed by atoms with van der Waals surface area (Å²) in [6.07, 6.45) is 3.49. The van der Waals surface area contributed by atoms with Crippen LogP contribution in [0.15, 0.2) is 24.3 Å². The first-order chi connectivity index (χ1) is 11.4. The number of aryl methyl sites for hydroxylation is 6. The molecule has 1 heterocycles. The normalized spacial score (nSPS) is 14.2. The Hall–Kier alpha value is -1.40. The summed E-state index contributed by atoms with van der Waals surface area (Å²) < 4.78 is 2.44. The van der Waals surface area contributed by atoms with E-state index in [-0.39, 0.29) is 21.1 Å². The van der Waals surface area contributed by atoms with Crippen LogP contribution in [-0.2, 0) is 21.1 Å². The van der Waals surface area contributed by atoms with Gasteiger partial charge in [-0.1, -0.05) is 35.4 Å². The Labute approximate surface area is 166 Å². The minimum atomic E-state index is 0. The van der Waals surface area contributed by atoms with Gasteiger partial charge in [0.25, 0.3) is 0 Å². The Morgan fingerprint density at radius 1 is 0.760 bits per heavy atom. The second kappa shape index (κ2) is 7.87. The zero-order chi connectivity index (χ0) is 17.4. The fraction of sp³-hybridized carbons (Fsp3) is 0.409. The van der Waals surface area contributed by atoms with Crippen molar-refractivity contribution in [2.45, 2.75) is 48.0 Å². The van der Waals surface area contributed by atoms with E-state index >= 15 is 0 Å². The van der Waals surface area contributed by atoms with Crippen LogP contribution in [0.2, 0.25) is 0 Å². The molecule has 0 aliphatic carbocycles. The van der Waals surface area contributed by atoms with Gasteiger partial charge in [0, 0.05) is 27.5 Å². The van der Waals surface area contributed by atoms with Crippen LogP contribution >= 0.6 is 0 Å². The van der Waals surface area contributed by atoms with E-state index in [1.54, 1.807) is 0 Å². The van der Waals surface area contributed by atoms with E-state index in [4.69, 9.17) is 0 Å². The van der Waals surface area contributed by atoms with Crippen molar-refractivity contribution < 1.29 is 25.6 Å². The third kappa shape index (κ3) is 4.06. The molecule has 2 aromatic carbocycles. The second-order valence-electron chi connectivity index (χ2n) is 7.35.